The molecule has 178 valence electrons. The maximum Gasteiger partial charge on any atom is 0.417 e. The molecule has 35 heavy (non-hydrogen) atoms. The van der Waals surface area contributed by atoms with Gasteiger partial charge in [-0.05, 0) is 48.7 Å². The predicted molar refractivity (Wildman–Crippen MR) is 123 cm³/mol. The minimum Gasteiger partial charge on any atom is -0.370 e. The molecule has 6 heterocycles. The minimum atomic E-state index is -4.53. The summed E-state index contributed by atoms with van der Waals surface area (Å²) in [6.07, 6.45) is 3.25. The lowest BCUT2D eigenvalue weighted by atomic mass is 10.2. The van der Waals surface area contributed by atoms with Crippen LogP contribution in [0.2, 0.25) is 0 Å². The Morgan fingerprint density at radius 1 is 1.20 bits per heavy atom. The Bertz CT molecular complexity index is 1480. The predicted octanol–water partition coefficient (Wildman–Crippen LogP) is 3.84. The van der Waals surface area contributed by atoms with Crippen molar-refractivity contribution >= 4 is 28.5 Å². The van der Waals surface area contributed by atoms with E-state index in [1.807, 2.05) is 10.6 Å². The van der Waals surface area contributed by atoms with Gasteiger partial charge in [0.15, 0.2) is 5.82 Å². The number of carbonyl (C=O) groups excluding carboxylic acids is 1. The molecule has 0 aliphatic carbocycles. The first kappa shape index (κ1) is 21.4. The number of nitrogens with zero attached hydrogens (tertiary/aromatic N) is 5. The highest BCUT2D eigenvalue weighted by atomic mass is 19.4. The van der Waals surface area contributed by atoms with E-state index in [9.17, 15) is 18.0 Å². The fraction of sp³-hybridized carbons (Fsp3) is 0.250. The van der Waals surface area contributed by atoms with Crippen LogP contribution >= 0.6 is 0 Å². The molecular weight excluding hydrogens is 459 g/mol. The fourth-order valence-corrected chi connectivity index (χ4v) is 4.61. The van der Waals surface area contributed by atoms with E-state index in [1.165, 1.54) is 6.07 Å². The summed E-state index contributed by atoms with van der Waals surface area (Å²) in [6, 6.07) is 6.03. The third-order valence-corrected chi connectivity index (χ3v) is 6.27. The van der Waals surface area contributed by atoms with Crippen LogP contribution in [0.15, 0.2) is 48.9 Å². The number of anilines is 1. The highest BCUT2D eigenvalue weighted by Gasteiger charge is 2.32. The minimum absolute atomic E-state index is 0.206. The lowest BCUT2D eigenvalue weighted by Crippen LogP contribution is -2.25. The zero-order valence-corrected chi connectivity index (χ0v) is 18.4. The van der Waals surface area contributed by atoms with E-state index >= 15 is 0 Å². The van der Waals surface area contributed by atoms with Crippen LogP contribution in [0.3, 0.4) is 0 Å². The Kier molecular flexibility index (Phi) is 4.87. The van der Waals surface area contributed by atoms with Crippen molar-refractivity contribution in [1.82, 2.24) is 29.4 Å². The maximum absolute atomic E-state index is 13.4. The summed E-state index contributed by atoms with van der Waals surface area (Å²) in [5.41, 5.74) is 2.02. The van der Waals surface area contributed by atoms with Gasteiger partial charge in [0, 0.05) is 43.6 Å². The van der Waals surface area contributed by atoms with Gasteiger partial charge < -0.3 is 19.8 Å². The highest BCUT2D eigenvalue weighted by Crippen LogP contribution is 2.33. The first-order valence-corrected chi connectivity index (χ1v) is 11.2. The van der Waals surface area contributed by atoms with Crippen LogP contribution in [0, 0.1) is 0 Å². The Morgan fingerprint density at radius 2 is 2.03 bits per heavy atom. The van der Waals surface area contributed by atoms with Crippen LogP contribution in [-0.4, -0.2) is 36.5 Å². The summed E-state index contributed by atoms with van der Waals surface area (Å²) in [6.45, 7) is 1.71. The van der Waals surface area contributed by atoms with Gasteiger partial charge in [-0.3, -0.25) is 9.78 Å². The third-order valence-electron chi connectivity index (χ3n) is 6.27. The number of halogens is 3. The van der Waals surface area contributed by atoms with Gasteiger partial charge in [-0.1, -0.05) is 0 Å². The van der Waals surface area contributed by atoms with E-state index < -0.39 is 17.6 Å². The van der Waals surface area contributed by atoms with Crippen molar-refractivity contribution in [1.29, 1.82) is 0 Å². The number of hydrogen-bond acceptors (Lipinski definition) is 5. The lowest BCUT2D eigenvalue weighted by Gasteiger charge is -2.14. The number of nitrogens with one attached hydrogen (secondary N) is 2. The average Bonchev–Trinajstić information content (AvgIpc) is 3.52. The fourth-order valence-electron chi connectivity index (χ4n) is 4.61. The molecule has 0 aromatic carbocycles. The number of fused-ring (bicyclic) bond motifs is 4. The van der Waals surface area contributed by atoms with Gasteiger partial charge in [0.1, 0.15) is 17.2 Å². The zero-order chi connectivity index (χ0) is 24.2. The van der Waals surface area contributed by atoms with E-state index in [4.69, 9.17) is 4.98 Å². The second-order valence-electron chi connectivity index (χ2n) is 8.55. The van der Waals surface area contributed by atoms with Crippen molar-refractivity contribution in [2.24, 2.45) is 0 Å². The van der Waals surface area contributed by atoms with Crippen molar-refractivity contribution in [3.63, 3.8) is 0 Å². The van der Waals surface area contributed by atoms with Crippen LogP contribution < -0.4 is 10.6 Å². The monoisotopic (exact) mass is 479 g/mol. The molecule has 0 saturated heterocycles. The number of rotatable bonds is 4. The molecular formula is C24H20F3N7O. The van der Waals surface area contributed by atoms with E-state index in [0.717, 1.165) is 48.7 Å². The van der Waals surface area contributed by atoms with E-state index in [1.54, 1.807) is 29.1 Å². The molecule has 0 atom stereocenters. The van der Waals surface area contributed by atoms with Gasteiger partial charge in [0.2, 0.25) is 0 Å². The molecule has 4 aromatic rings. The van der Waals surface area contributed by atoms with Crippen molar-refractivity contribution in [2.75, 3.05) is 11.9 Å². The van der Waals surface area contributed by atoms with Crippen LogP contribution in [0.1, 0.15) is 39.6 Å². The number of aryl methyl sites for hydroxylation is 1. The summed E-state index contributed by atoms with van der Waals surface area (Å²) in [5.74, 6) is 1.20. The second kappa shape index (κ2) is 7.97. The molecule has 0 spiro atoms. The largest absolute Gasteiger partial charge is 0.417 e. The molecule has 0 unspecified atom stereocenters. The molecule has 6 rings (SSSR count). The number of allylic oxidation sites excluding steroid dienone is 1. The van der Waals surface area contributed by atoms with Crippen molar-refractivity contribution < 1.29 is 18.0 Å². The summed E-state index contributed by atoms with van der Waals surface area (Å²) < 4.78 is 43.5. The SMILES string of the molecule is O=C(NC1=CCn2c1nc1c2NCCC1)c1cc2cc(C(F)(F)F)cnc2n1Cc1ccncc1. The van der Waals surface area contributed by atoms with Crippen molar-refractivity contribution in [2.45, 2.75) is 32.1 Å². The number of aromatic nitrogens is 5. The molecule has 2 N–H and O–H groups in total. The van der Waals surface area contributed by atoms with Gasteiger partial charge in [0.25, 0.3) is 5.91 Å². The van der Waals surface area contributed by atoms with Crippen LogP contribution in [-0.2, 0) is 25.7 Å². The van der Waals surface area contributed by atoms with Crippen molar-refractivity contribution in [3.05, 3.63) is 77.3 Å². The first-order valence-electron chi connectivity index (χ1n) is 11.2. The number of alkyl halides is 3. The standard InChI is InChI=1S/C24H20F3N7O/c25-24(26,27)16-10-15-11-19(34(20(15)30-12-16)13-14-3-7-28-8-4-14)23(35)32-18-5-9-33-21-17(31-22(18)33)2-1-6-29-21/h3-5,7-8,10-12,29H,1-2,6,9,13H2,(H,32,35). The number of amides is 1. The van der Waals surface area contributed by atoms with Gasteiger partial charge in [-0.15, -0.1) is 0 Å². The molecule has 4 aromatic heterocycles. The van der Waals surface area contributed by atoms with Crippen LogP contribution in [0.25, 0.3) is 16.7 Å². The van der Waals surface area contributed by atoms with Gasteiger partial charge in [0.05, 0.1) is 17.0 Å². The molecule has 0 saturated carbocycles. The zero-order valence-electron chi connectivity index (χ0n) is 18.4. The number of carbonyl (C=O) groups is 1. The van der Waals surface area contributed by atoms with E-state index in [0.29, 0.717) is 23.7 Å². The van der Waals surface area contributed by atoms with Crippen LogP contribution in [0.4, 0.5) is 19.0 Å². The number of pyridine rings is 2. The summed E-state index contributed by atoms with van der Waals surface area (Å²) in [5, 5.41) is 6.52. The van der Waals surface area contributed by atoms with Gasteiger partial charge >= 0.3 is 6.18 Å². The molecule has 1 amide bonds. The maximum atomic E-state index is 13.4. The molecule has 0 fully saturated rings. The smallest absolute Gasteiger partial charge is 0.370 e. The molecule has 0 radical (unpaired) electrons. The number of imidazole rings is 1. The normalized spacial score (nSPS) is 14.9. The molecule has 8 nitrogen and oxygen atoms in total. The van der Waals surface area contributed by atoms with E-state index in [2.05, 4.69) is 20.6 Å². The summed E-state index contributed by atoms with van der Waals surface area (Å²) in [4.78, 5) is 26.2. The first-order chi connectivity index (χ1) is 16.9. The lowest BCUT2D eigenvalue weighted by molar-refractivity contribution is -0.137. The summed E-state index contributed by atoms with van der Waals surface area (Å²) >= 11 is 0. The average molecular weight is 479 g/mol. The molecule has 0 bridgehead atoms. The third kappa shape index (κ3) is 3.72. The Hall–Kier alpha value is -4.15. The Morgan fingerprint density at radius 3 is 2.83 bits per heavy atom. The van der Waals surface area contributed by atoms with Crippen molar-refractivity contribution in [3.8, 4) is 0 Å². The second-order valence-corrected chi connectivity index (χ2v) is 8.55. The van der Waals surface area contributed by atoms with Gasteiger partial charge in [-0.2, -0.15) is 13.2 Å². The van der Waals surface area contributed by atoms with Gasteiger partial charge in [-0.25, -0.2) is 9.97 Å². The highest BCUT2D eigenvalue weighted by molar-refractivity contribution is 6.02. The number of hydrogen-bond donors (Lipinski definition) is 2. The summed E-state index contributed by atoms with van der Waals surface area (Å²) in [7, 11) is 0. The molecule has 2 aliphatic rings. The van der Waals surface area contributed by atoms with E-state index in [-0.39, 0.29) is 17.6 Å². The quantitative estimate of drug-likeness (QED) is 0.464. The molecule has 2 aliphatic heterocycles. The molecule has 11 heteroatoms. The topological polar surface area (TPSA) is 89.7 Å². The van der Waals surface area contributed by atoms with Crippen LogP contribution in [0.5, 0.6) is 0 Å². The Labute approximate surface area is 197 Å². The Balaban J connectivity index is 1.37.